The zero-order valence-electron chi connectivity index (χ0n) is 3.81. The molecule has 1 heterocycles. The van der Waals surface area contributed by atoms with Crippen molar-refractivity contribution in [3.8, 4) is 0 Å². The molecule has 1 rings (SSSR count). The summed E-state index contributed by atoms with van der Waals surface area (Å²) in [6.07, 6.45) is 2.74. The van der Waals surface area contributed by atoms with Crippen molar-refractivity contribution < 1.29 is 4.39 Å². The average Bonchev–Trinajstić information content (AvgIpc) is 1.77. The molecule has 8 heavy (non-hydrogen) atoms. The quantitative estimate of drug-likeness (QED) is 0.502. The van der Waals surface area contributed by atoms with Crippen LogP contribution in [0.15, 0.2) is 11.0 Å². The van der Waals surface area contributed by atoms with Crippen molar-refractivity contribution in [3.63, 3.8) is 0 Å². The Morgan fingerprint density at radius 2 is 2.62 bits per heavy atom. The van der Waals surface area contributed by atoms with E-state index in [9.17, 15) is 9.18 Å². The molecule has 0 amide bonds. The first-order valence-corrected chi connectivity index (χ1v) is 1.92. The van der Waals surface area contributed by atoms with E-state index < -0.39 is 11.5 Å². The molecule has 3 nitrogen and oxygen atoms in total. The van der Waals surface area contributed by atoms with Gasteiger partial charge in [0.15, 0.2) is 5.82 Å². The maximum Gasteiger partial charge on any atom is 0.345 e. The summed E-state index contributed by atoms with van der Waals surface area (Å²) in [5.41, 5.74) is -0.591. The van der Waals surface area contributed by atoms with Gasteiger partial charge in [-0.2, -0.15) is 4.98 Å². The van der Waals surface area contributed by atoms with E-state index in [0.717, 1.165) is 6.20 Å². The van der Waals surface area contributed by atoms with Gasteiger partial charge in [-0.15, -0.1) is 0 Å². The predicted molar refractivity (Wildman–Crippen MR) is 23.7 cm³/mol. The first-order valence-electron chi connectivity index (χ1n) is 1.92. The molecule has 0 aliphatic carbocycles. The lowest BCUT2D eigenvalue weighted by Crippen LogP contribution is -2.08. The summed E-state index contributed by atoms with van der Waals surface area (Å²) in [5.74, 6) is -0.662. The Kier molecular flexibility index (Phi) is 1.07. The Hall–Kier alpha value is -1.19. The molecule has 0 bridgehead atoms. The van der Waals surface area contributed by atoms with Crippen LogP contribution in [0.3, 0.4) is 0 Å². The molecule has 0 aliphatic heterocycles. The Balaban J connectivity index is 3.22. The summed E-state index contributed by atoms with van der Waals surface area (Å²) in [7, 11) is 0. The standard InChI is InChI=1S/C4H2FN2O/c5-3-1-6-4(8)7-2-3/h1H,(H,6,7,8). The summed E-state index contributed by atoms with van der Waals surface area (Å²) < 4.78 is 11.8. The highest BCUT2D eigenvalue weighted by Gasteiger charge is 1.85. The van der Waals surface area contributed by atoms with E-state index in [1.54, 1.807) is 0 Å². The second-order valence-electron chi connectivity index (χ2n) is 1.17. The molecule has 0 fully saturated rings. The highest BCUT2D eigenvalue weighted by Crippen LogP contribution is 1.80. The number of hydrogen-bond donors (Lipinski definition) is 1. The lowest BCUT2D eigenvalue weighted by Gasteiger charge is -1.78. The number of aromatic amines is 1. The molecule has 0 aromatic carbocycles. The fourth-order valence-corrected chi connectivity index (χ4v) is 0.294. The Morgan fingerprint density at radius 1 is 1.88 bits per heavy atom. The molecule has 1 radical (unpaired) electrons. The number of nitrogens with one attached hydrogen (secondary N) is 1. The summed E-state index contributed by atoms with van der Waals surface area (Å²) in [4.78, 5) is 15.1. The van der Waals surface area contributed by atoms with E-state index in [1.807, 2.05) is 11.2 Å². The van der Waals surface area contributed by atoms with E-state index in [-0.39, 0.29) is 0 Å². The molecule has 0 atom stereocenters. The Bertz CT molecular complexity index is 211. The normalized spacial score (nSPS) is 9.12. The van der Waals surface area contributed by atoms with Crippen molar-refractivity contribution in [1.29, 1.82) is 0 Å². The van der Waals surface area contributed by atoms with Crippen LogP contribution < -0.4 is 5.69 Å². The maximum absolute atomic E-state index is 11.8. The van der Waals surface area contributed by atoms with Gasteiger partial charge in [0.2, 0.25) is 0 Å². The van der Waals surface area contributed by atoms with Crippen LogP contribution in [0.2, 0.25) is 0 Å². The van der Waals surface area contributed by atoms with Crippen LogP contribution in [-0.2, 0) is 0 Å². The predicted octanol–water partition coefficient (Wildman–Crippen LogP) is -0.291. The second-order valence-corrected chi connectivity index (χ2v) is 1.17. The summed E-state index contributed by atoms with van der Waals surface area (Å²) in [6.45, 7) is 0. The molecule has 41 valence electrons. The van der Waals surface area contributed by atoms with Crippen LogP contribution in [0.5, 0.6) is 0 Å². The first kappa shape index (κ1) is 4.96. The minimum Gasteiger partial charge on any atom is -0.310 e. The summed E-state index contributed by atoms with van der Waals surface area (Å²) in [5, 5.41) is 0. The van der Waals surface area contributed by atoms with E-state index in [0.29, 0.717) is 0 Å². The molecule has 4 heteroatoms. The zero-order valence-corrected chi connectivity index (χ0v) is 3.81. The largest absolute Gasteiger partial charge is 0.345 e. The molecule has 0 aliphatic rings. The van der Waals surface area contributed by atoms with Gasteiger partial charge in [-0.3, -0.25) is 0 Å². The number of nitrogens with zero attached hydrogens (tertiary/aromatic N) is 1. The van der Waals surface area contributed by atoms with E-state index in [4.69, 9.17) is 0 Å². The maximum atomic E-state index is 11.8. The molecular weight excluding hydrogens is 111 g/mol. The highest BCUT2D eigenvalue weighted by molar-refractivity contribution is 4.79. The smallest absolute Gasteiger partial charge is 0.310 e. The van der Waals surface area contributed by atoms with Crippen LogP contribution >= 0.6 is 0 Å². The van der Waals surface area contributed by atoms with Crippen molar-refractivity contribution in [2.75, 3.05) is 0 Å². The molecular formula is C4H2FN2O. The minimum atomic E-state index is -0.662. The minimum absolute atomic E-state index is 0.591. The first-order chi connectivity index (χ1) is 3.79. The lowest BCUT2D eigenvalue weighted by atomic mass is 10.6. The van der Waals surface area contributed by atoms with Crippen LogP contribution in [0.4, 0.5) is 4.39 Å². The molecule has 0 saturated heterocycles. The van der Waals surface area contributed by atoms with E-state index in [2.05, 4.69) is 4.98 Å². The van der Waals surface area contributed by atoms with Crippen molar-refractivity contribution in [2.24, 2.45) is 0 Å². The zero-order chi connectivity index (χ0) is 5.98. The van der Waals surface area contributed by atoms with Gasteiger partial charge in [0.05, 0.1) is 0 Å². The summed E-state index contributed by atoms with van der Waals surface area (Å²) >= 11 is 0. The van der Waals surface area contributed by atoms with Crippen molar-refractivity contribution in [3.05, 3.63) is 28.7 Å². The third kappa shape index (κ3) is 0.900. The molecule has 1 N–H and O–H groups in total. The molecule has 0 unspecified atom stereocenters. The Labute approximate surface area is 44.2 Å². The number of halogens is 1. The van der Waals surface area contributed by atoms with E-state index >= 15 is 0 Å². The molecule has 1 aromatic rings. The van der Waals surface area contributed by atoms with Gasteiger partial charge in [0, 0.05) is 6.20 Å². The molecule has 0 spiro atoms. The van der Waals surface area contributed by atoms with Crippen molar-refractivity contribution in [1.82, 2.24) is 9.97 Å². The Morgan fingerprint density at radius 3 is 3.00 bits per heavy atom. The fraction of sp³-hybridized carbons (Fsp3) is 0. The topological polar surface area (TPSA) is 45.8 Å². The summed E-state index contributed by atoms with van der Waals surface area (Å²) in [6, 6.07) is 0. The third-order valence-electron chi connectivity index (χ3n) is 0.587. The van der Waals surface area contributed by atoms with Gasteiger partial charge in [0.25, 0.3) is 0 Å². The van der Waals surface area contributed by atoms with Crippen LogP contribution in [0.25, 0.3) is 0 Å². The number of rotatable bonds is 0. The number of hydrogen-bond acceptors (Lipinski definition) is 2. The van der Waals surface area contributed by atoms with Gasteiger partial charge in [-0.25, -0.2) is 9.18 Å². The van der Waals surface area contributed by atoms with Gasteiger partial charge in [-0.05, 0) is 0 Å². The van der Waals surface area contributed by atoms with Crippen LogP contribution in [0.1, 0.15) is 0 Å². The fourth-order valence-electron chi connectivity index (χ4n) is 0.294. The molecule has 1 aromatic heterocycles. The van der Waals surface area contributed by atoms with E-state index in [1.165, 1.54) is 0 Å². The highest BCUT2D eigenvalue weighted by atomic mass is 19.1. The monoisotopic (exact) mass is 113 g/mol. The number of aromatic nitrogens is 2. The van der Waals surface area contributed by atoms with Crippen molar-refractivity contribution in [2.45, 2.75) is 0 Å². The van der Waals surface area contributed by atoms with Gasteiger partial charge >= 0.3 is 5.69 Å². The van der Waals surface area contributed by atoms with Crippen LogP contribution in [-0.4, -0.2) is 9.97 Å². The van der Waals surface area contributed by atoms with Crippen LogP contribution in [0, 0.1) is 12.0 Å². The van der Waals surface area contributed by atoms with Crippen molar-refractivity contribution >= 4 is 0 Å². The lowest BCUT2D eigenvalue weighted by molar-refractivity contribution is 0.607. The average molecular weight is 113 g/mol. The number of H-pyrrole nitrogens is 1. The van der Waals surface area contributed by atoms with Gasteiger partial charge < -0.3 is 4.98 Å². The van der Waals surface area contributed by atoms with Gasteiger partial charge in [-0.1, -0.05) is 0 Å². The SMILES string of the molecule is O=c1n[c]c(F)c[nH]1. The second kappa shape index (κ2) is 1.73. The molecule has 0 saturated carbocycles. The third-order valence-corrected chi connectivity index (χ3v) is 0.587. The van der Waals surface area contributed by atoms with Gasteiger partial charge in [0.1, 0.15) is 6.20 Å².